The van der Waals surface area contributed by atoms with Crippen molar-refractivity contribution in [1.82, 2.24) is 5.16 Å². The Balaban J connectivity index is 1.80. The van der Waals surface area contributed by atoms with Crippen molar-refractivity contribution in [2.45, 2.75) is 11.8 Å². The van der Waals surface area contributed by atoms with E-state index in [1.54, 1.807) is 13.0 Å². The van der Waals surface area contributed by atoms with Crippen molar-refractivity contribution in [3.05, 3.63) is 52.6 Å². The van der Waals surface area contributed by atoms with Crippen LogP contribution in [0.15, 0.2) is 60.8 Å². The third-order valence-electron chi connectivity index (χ3n) is 3.68. The number of fused-ring (bicyclic) bond motifs is 3. The molecule has 0 fully saturated rings. The molecular weight excluding hydrogens is 396 g/mol. The Morgan fingerprint density at radius 1 is 1.08 bits per heavy atom. The largest absolute Gasteiger partial charge is 0.456 e. The van der Waals surface area contributed by atoms with Gasteiger partial charge in [0.25, 0.3) is 15.9 Å². The summed E-state index contributed by atoms with van der Waals surface area (Å²) in [5, 5.41) is 5.51. The van der Waals surface area contributed by atoms with E-state index in [1.165, 1.54) is 12.1 Å². The lowest BCUT2D eigenvalue weighted by atomic mass is 10.2. The molecule has 0 spiro atoms. The second kappa shape index (κ2) is 5.35. The summed E-state index contributed by atoms with van der Waals surface area (Å²) in [7, 11) is -3.83. The number of nitrogens with zero attached hydrogens (tertiary/aromatic N) is 1. The van der Waals surface area contributed by atoms with Crippen LogP contribution in [-0.4, -0.2) is 13.6 Å². The second-order valence-electron chi connectivity index (χ2n) is 5.27. The maximum atomic E-state index is 12.6. The predicted octanol–water partition coefficient (Wildman–Crippen LogP) is 4.45. The van der Waals surface area contributed by atoms with Gasteiger partial charge in [-0.15, -0.1) is 0 Å². The zero-order valence-corrected chi connectivity index (χ0v) is 14.8. The highest BCUT2D eigenvalue weighted by Gasteiger charge is 2.21. The highest BCUT2D eigenvalue weighted by molar-refractivity contribution is 9.10. The molecule has 24 heavy (non-hydrogen) atoms. The second-order valence-corrected chi connectivity index (χ2v) is 7.75. The molecule has 4 aromatic rings. The SMILES string of the molecule is Cc1noc(NS(=O)(=O)c2ccc3c(c2)oc2ccccc23)c1Br. The number of benzene rings is 2. The molecule has 0 saturated heterocycles. The molecule has 0 aliphatic heterocycles. The van der Waals surface area contributed by atoms with Crippen molar-refractivity contribution in [2.75, 3.05) is 4.72 Å². The number of furan rings is 1. The zero-order chi connectivity index (χ0) is 16.9. The van der Waals surface area contributed by atoms with Crippen LogP contribution in [0.1, 0.15) is 5.69 Å². The monoisotopic (exact) mass is 406 g/mol. The molecule has 0 radical (unpaired) electrons. The van der Waals surface area contributed by atoms with Gasteiger partial charge in [-0.05, 0) is 41.1 Å². The summed E-state index contributed by atoms with van der Waals surface area (Å²) in [5.74, 6) is 0.0391. The van der Waals surface area contributed by atoms with Crippen LogP contribution in [0.4, 0.5) is 5.88 Å². The number of hydrogen-bond acceptors (Lipinski definition) is 5. The maximum absolute atomic E-state index is 12.6. The van der Waals surface area contributed by atoms with Gasteiger partial charge in [0.05, 0.1) is 10.6 Å². The fourth-order valence-electron chi connectivity index (χ4n) is 2.48. The van der Waals surface area contributed by atoms with E-state index in [2.05, 4.69) is 25.8 Å². The van der Waals surface area contributed by atoms with Crippen LogP contribution in [0, 0.1) is 6.92 Å². The normalized spacial score (nSPS) is 12.1. The lowest BCUT2D eigenvalue weighted by Crippen LogP contribution is -2.12. The fourth-order valence-corrected chi connectivity index (χ4v) is 3.86. The number of anilines is 1. The van der Waals surface area contributed by atoms with Crippen molar-refractivity contribution >= 4 is 53.8 Å². The minimum absolute atomic E-state index is 0.0391. The van der Waals surface area contributed by atoms with E-state index in [0.717, 1.165) is 10.8 Å². The molecule has 8 heteroatoms. The van der Waals surface area contributed by atoms with Gasteiger partial charge in [0.15, 0.2) is 0 Å². The minimum Gasteiger partial charge on any atom is -0.456 e. The molecule has 2 aromatic carbocycles. The summed E-state index contributed by atoms with van der Waals surface area (Å²) in [6.07, 6.45) is 0. The number of nitrogens with one attached hydrogen (secondary N) is 1. The quantitative estimate of drug-likeness (QED) is 0.543. The van der Waals surface area contributed by atoms with Gasteiger partial charge in [-0.1, -0.05) is 23.4 Å². The number of halogens is 1. The van der Waals surface area contributed by atoms with E-state index in [9.17, 15) is 8.42 Å². The number of aromatic nitrogens is 1. The molecule has 4 rings (SSSR count). The van der Waals surface area contributed by atoms with Gasteiger partial charge < -0.3 is 8.94 Å². The Morgan fingerprint density at radius 2 is 1.83 bits per heavy atom. The molecule has 0 atom stereocenters. The number of hydrogen-bond donors (Lipinski definition) is 1. The van der Waals surface area contributed by atoms with Crippen LogP contribution in [-0.2, 0) is 10.0 Å². The highest BCUT2D eigenvalue weighted by Crippen LogP contribution is 2.32. The first-order valence-electron chi connectivity index (χ1n) is 7.01. The molecule has 2 heterocycles. The Labute approximate surface area is 145 Å². The summed E-state index contributed by atoms with van der Waals surface area (Å²) in [5.41, 5.74) is 1.77. The van der Waals surface area contributed by atoms with Crippen LogP contribution in [0.5, 0.6) is 0 Å². The maximum Gasteiger partial charge on any atom is 0.264 e. The molecule has 0 saturated carbocycles. The summed E-state index contributed by atoms with van der Waals surface area (Å²) in [6.45, 7) is 1.70. The van der Waals surface area contributed by atoms with Crippen LogP contribution in [0.25, 0.3) is 21.9 Å². The summed E-state index contributed by atoms with van der Waals surface area (Å²) < 4.78 is 38.7. The molecule has 0 amide bonds. The molecule has 2 aromatic heterocycles. The highest BCUT2D eigenvalue weighted by atomic mass is 79.9. The third kappa shape index (κ3) is 2.38. The Morgan fingerprint density at radius 3 is 2.58 bits per heavy atom. The standard InChI is InChI=1S/C16H11BrN2O4S/c1-9-15(17)16(23-18-9)19-24(20,21)10-6-7-12-11-4-2-3-5-13(11)22-14(12)8-10/h2-8,19H,1H3. The van der Waals surface area contributed by atoms with E-state index in [-0.39, 0.29) is 10.8 Å². The minimum atomic E-state index is -3.83. The van der Waals surface area contributed by atoms with E-state index < -0.39 is 10.0 Å². The first-order valence-corrected chi connectivity index (χ1v) is 9.29. The summed E-state index contributed by atoms with van der Waals surface area (Å²) in [4.78, 5) is 0.0787. The van der Waals surface area contributed by atoms with Crippen molar-refractivity contribution in [3.8, 4) is 0 Å². The third-order valence-corrected chi connectivity index (χ3v) is 5.94. The Hall–Kier alpha value is -2.32. The Bertz CT molecular complexity index is 1180. The Kier molecular flexibility index (Phi) is 3.40. The van der Waals surface area contributed by atoms with Crippen molar-refractivity contribution < 1.29 is 17.4 Å². The smallest absolute Gasteiger partial charge is 0.264 e. The van der Waals surface area contributed by atoms with Gasteiger partial charge in [-0.2, -0.15) is 0 Å². The average molecular weight is 407 g/mol. The van der Waals surface area contributed by atoms with Gasteiger partial charge in [-0.25, -0.2) is 13.1 Å². The van der Waals surface area contributed by atoms with Gasteiger partial charge in [0.2, 0.25) is 0 Å². The number of sulfonamides is 1. The van der Waals surface area contributed by atoms with Gasteiger partial charge in [-0.3, -0.25) is 0 Å². The fraction of sp³-hybridized carbons (Fsp3) is 0.0625. The topological polar surface area (TPSA) is 85.3 Å². The van der Waals surface area contributed by atoms with E-state index in [1.807, 2.05) is 24.3 Å². The van der Waals surface area contributed by atoms with Crippen molar-refractivity contribution in [1.29, 1.82) is 0 Å². The van der Waals surface area contributed by atoms with Crippen LogP contribution >= 0.6 is 15.9 Å². The zero-order valence-electron chi connectivity index (χ0n) is 12.4. The number of aryl methyl sites for hydroxylation is 1. The summed E-state index contributed by atoms with van der Waals surface area (Å²) >= 11 is 3.24. The molecule has 1 N–H and O–H groups in total. The lowest BCUT2D eigenvalue weighted by molar-refractivity contribution is 0.430. The van der Waals surface area contributed by atoms with Crippen LogP contribution in [0.2, 0.25) is 0 Å². The van der Waals surface area contributed by atoms with Crippen molar-refractivity contribution in [2.24, 2.45) is 0 Å². The van der Waals surface area contributed by atoms with E-state index in [4.69, 9.17) is 8.94 Å². The first-order chi connectivity index (χ1) is 11.5. The number of para-hydroxylation sites is 1. The van der Waals surface area contributed by atoms with Gasteiger partial charge >= 0.3 is 0 Å². The van der Waals surface area contributed by atoms with E-state index >= 15 is 0 Å². The first kappa shape index (κ1) is 15.2. The van der Waals surface area contributed by atoms with Crippen LogP contribution in [0.3, 0.4) is 0 Å². The molecule has 0 unspecified atom stereocenters. The van der Waals surface area contributed by atoms with Gasteiger partial charge in [0.1, 0.15) is 15.6 Å². The molecule has 0 bridgehead atoms. The summed E-state index contributed by atoms with van der Waals surface area (Å²) in [6, 6.07) is 12.3. The van der Waals surface area contributed by atoms with Crippen LogP contribution < -0.4 is 4.72 Å². The number of rotatable bonds is 3. The van der Waals surface area contributed by atoms with Crippen molar-refractivity contribution in [3.63, 3.8) is 0 Å². The predicted molar refractivity (Wildman–Crippen MR) is 93.5 cm³/mol. The molecule has 0 aliphatic carbocycles. The molecule has 6 nitrogen and oxygen atoms in total. The molecule has 0 aliphatic rings. The molecular formula is C16H11BrN2O4S. The lowest BCUT2D eigenvalue weighted by Gasteiger charge is -2.05. The average Bonchev–Trinajstić information content (AvgIpc) is 3.09. The molecule has 122 valence electrons. The van der Waals surface area contributed by atoms with E-state index in [0.29, 0.717) is 21.3 Å². The van der Waals surface area contributed by atoms with Gasteiger partial charge in [0, 0.05) is 16.8 Å².